The lowest BCUT2D eigenvalue weighted by Crippen LogP contribution is -2.18. The van der Waals surface area contributed by atoms with Crippen LogP contribution < -0.4 is 5.32 Å². The van der Waals surface area contributed by atoms with E-state index in [2.05, 4.69) is 60.9 Å². The van der Waals surface area contributed by atoms with Crippen molar-refractivity contribution >= 4 is 0 Å². The smallest absolute Gasteiger partial charge is 0.0320 e. The van der Waals surface area contributed by atoms with E-state index in [1.807, 2.05) is 0 Å². The highest BCUT2D eigenvalue weighted by atomic mass is 14.9. The van der Waals surface area contributed by atoms with Gasteiger partial charge in [-0.05, 0) is 67.8 Å². The Morgan fingerprint density at radius 2 is 1.71 bits per heavy atom. The molecule has 3 rings (SSSR count). The molecule has 0 fully saturated rings. The van der Waals surface area contributed by atoms with Gasteiger partial charge in [0.1, 0.15) is 0 Å². The molecule has 1 unspecified atom stereocenters. The van der Waals surface area contributed by atoms with E-state index in [-0.39, 0.29) is 0 Å². The Morgan fingerprint density at radius 3 is 2.48 bits per heavy atom. The normalized spacial score (nSPS) is 15.5. The van der Waals surface area contributed by atoms with Gasteiger partial charge in [0.25, 0.3) is 0 Å². The minimum atomic E-state index is 0.456. The fraction of sp³-hybridized carbons (Fsp3) is 0.400. The molecule has 0 saturated heterocycles. The highest BCUT2D eigenvalue weighted by Gasteiger charge is 2.14. The maximum atomic E-state index is 3.50. The van der Waals surface area contributed by atoms with E-state index < -0.39 is 0 Å². The largest absolute Gasteiger partial charge is 0.313 e. The van der Waals surface area contributed by atoms with Gasteiger partial charge >= 0.3 is 0 Å². The lowest BCUT2D eigenvalue weighted by Gasteiger charge is -2.21. The second-order valence-electron chi connectivity index (χ2n) is 6.10. The van der Waals surface area contributed by atoms with Crippen LogP contribution in [0.4, 0.5) is 0 Å². The number of rotatable bonds is 5. The van der Waals surface area contributed by atoms with Crippen molar-refractivity contribution in [1.82, 2.24) is 5.32 Å². The zero-order chi connectivity index (χ0) is 14.5. The van der Waals surface area contributed by atoms with Gasteiger partial charge in [-0.1, -0.05) is 48.5 Å². The highest BCUT2D eigenvalue weighted by molar-refractivity contribution is 5.35. The molecule has 110 valence electrons. The van der Waals surface area contributed by atoms with Crippen LogP contribution in [-0.2, 0) is 19.3 Å². The third-order valence-corrected chi connectivity index (χ3v) is 4.69. The van der Waals surface area contributed by atoms with Crippen LogP contribution >= 0.6 is 0 Å². The standard InChI is InChI=1S/C20H25N/c1-21-20(14-11-16-7-3-2-4-8-16)19-13-12-17-9-5-6-10-18(17)15-19/h2-4,7-8,12-13,15,20-21H,5-6,9-11,14H2,1H3. The van der Waals surface area contributed by atoms with Gasteiger partial charge in [-0.25, -0.2) is 0 Å². The molecule has 0 amide bonds. The molecular weight excluding hydrogens is 254 g/mol. The summed E-state index contributed by atoms with van der Waals surface area (Å²) in [5.41, 5.74) is 6.03. The van der Waals surface area contributed by atoms with Crippen LogP contribution in [-0.4, -0.2) is 7.05 Å². The van der Waals surface area contributed by atoms with Crippen molar-refractivity contribution in [3.05, 3.63) is 70.8 Å². The number of hydrogen-bond acceptors (Lipinski definition) is 1. The average molecular weight is 279 g/mol. The molecule has 2 aromatic carbocycles. The lowest BCUT2D eigenvalue weighted by molar-refractivity contribution is 0.547. The first-order valence-electron chi connectivity index (χ1n) is 8.19. The summed E-state index contributed by atoms with van der Waals surface area (Å²) in [4.78, 5) is 0. The number of fused-ring (bicyclic) bond motifs is 1. The van der Waals surface area contributed by atoms with Gasteiger partial charge in [-0.3, -0.25) is 0 Å². The van der Waals surface area contributed by atoms with Crippen LogP contribution in [0.25, 0.3) is 0 Å². The molecule has 0 radical (unpaired) electrons. The summed E-state index contributed by atoms with van der Waals surface area (Å²) in [6.07, 6.45) is 7.52. The van der Waals surface area contributed by atoms with E-state index in [1.165, 1.54) is 36.8 Å². The Morgan fingerprint density at radius 1 is 0.952 bits per heavy atom. The number of benzene rings is 2. The molecule has 2 aromatic rings. The number of aryl methyl sites for hydroxylation is 3. The van der Waals surface area contributed by atoms with E-state index >= 15 is 0 Å². The van der Waals surface area contributed by atoms with Crippen molar-refractivity contribution in [2.45, 2.75) is 44.6 Å². The van der Waals surface area contributed by atoms with Crippen LogP contribution in [0.1, 0.15) is 47.6 Å². The Hall–Kier alpha value is -1.60. The first kappa shape index (κ1) is 14.3. The summed E-state index contributed by atoms with van der Waals surface area (Å²) in [7, 11) is 2.08. The first-order chi connectivity index (χ1) is 10.4. The molecule has 0 saturated carbocycles. The molecule has 21 heavy (non-hydrogen) atoms. The van der Waals surface area contributed by atoms with Crippen molar-refractivity contribution in [3.63, 3.8) is 0 Å². The molecule has 0 aromatic heterocycles. The third-order valence-electron chi connectivity index (χ3n) is 4.69. The molecule has 0 spiro atoms. The Labute approximate surface area is 128 Å². The predicted molar refractivity (Wildman–Crippen MR) is 89.6 cm³/mol. The van der Waals surface area contributed by atoms with Gasteiger partial charge in [0, 0.05) is 6.04 Å². The maximum absolute atomic E-state index is 3.50. The minimum absolute atomic E-state index is 0.456. The Balaban J connectivity index is 1.71. The summed E-state index contributed by atoms with van der Waals surface area (Å²) in [5, 5.41) is 3.50. The highest BCUT2D eigenvalue weighted by Crippen LogP contribution is 2.26. The summed E-state index contributed by atoms with van der Waals surface area (Å²) >= 11 is 0. The van der Waals surface area contributed by atoms with Crippen molar-refractivity contribution in [3.8, 4) is 0 Å². The molecule has 1 heteroatoms. The molecule has 1 aliphatic rings. The van der Waals surface area contributed by atoms with Crippen molar-refractivity contribution < 1.29 is 0 Å². The molecule has 1 nitrogen and oxygen atoms in total. The van der Waals surface area contributed by atoms with E-state index in [1.54, 1.807) is 11.1 Å². The maximum Gasteiger partial charge on any atom is 0.0320 e. The van der Waals surface area contributed by atoms with Gasteiger partial charge < -0.3 is 5.32 Å². The van der Waals surface area contributed by atoms with Gasteiger partial charge in [-0.15, -0.1) is 0 Å². The van der Waals surface area contributed by atoms with Gasteiger partial charge in [-0.2, -0.15) is 0 Å². The number of hydrogen-bond donors (Lipinski definition) is 1. The molecule has 0 aliphatic heterocycles. The van der Waals surface area contributed by atoms with E-state index in [0.717, 1.165) is 12.8 Å². The van der Waals surface area contributed by atoms with Gasteiger partial charge in [0.15, 0.2) is 0 Å². The predicted octanol–water partition coefficient (Wildman–Crippen LogP) is 4.46. The molecule has 1 atom stereocenters. The molecule has 1 aliphatic carbocycles. The monoisotopic (exact) mass is 279 g/mol. The summed E-state index contributed by atoms with van der Waals surface area (Å²) in [6, 6.07) is 18.4. The van der Waals surface area contributed by atoms with Crippen LogP contribution in [0, 0.1) is 0 Å². The second kappa shape index (κ2) is 6.91. The van der Waals surface area contributed by atoms with Crippen molar-refractivity contribution in [2.75, 3.05) is 7.05 Å². The van der Waals surface area contributed by atoms with Crippen LogP contribution in [0.5, 0.6) is 0 Å². The van der Waals surface area contributed by atoms with E-state index in [9.17, 15) is 0 Å². The van der Waals surface area contributed by atoms with Crippen molar-refractivity contribution in [2.24, 2.45) is 0 Å². The van der Waals surface area contributed by atoms with Gasteiger partial charge in [0.2, 0.25) is 0 Å². The SMILES string of the molecule is CNC(CCc1ccccc1)c1ccc2c(c1)CCCC2. The number of nitrogens with one attached hydrogen (secondary N) is 1. The van der Waals surface area contributed by atoms with E-state index in [0.29, 0.717) is 6.04 Å². The first-order valence-corrected chi connectivity index (χ1v) is 8.19. The fourth-order valence-corrected chi connectivity index (χ4v) is 3.40. The molecular formula is C20H25N. The average Bonchev–Trinajstić information content (AvgIpc) is 2.56. The summed E-state index contributed by atoms with van der Waals surface area (Å²) < 4.78 is 0. The summed E-state index contributed by atoms with van der Waals surface area (Å²) in [5.74, 6) is 0. The molecule has 1 N–H and O–H groups in total. The van der Waals surface area contributed by atoms with Crippen LogP contribution in [0.15, 0.2) is 48.5 Å². The lowest BCUT2D eigenvalue weighted by atomic mass is 9.88. The molecule has 0 bridgehead atoms. The fourth-order valence-electron chi connectivity index (χ4n) is 3.40. The third kappa shape index (κ3) is 3.54. The van der Waals surface area contributed by atoms with Crippen LogP contribution in [0.2, 0.25) is 0 Å². The quantitative estimate of drug-likeness (QED) is 0.852. The van der Waals surface area contributed by atoms with E-state index in [4.69, 9.17) is 0 Å². The zero-order valence-electron chi connectivity index (χ0n) is 12.9. The Kier molecular flexibility index (Phi) is 4.72. The minimum Gasteiger partial charge on any atom is -0.313 e. The Bertz CT molecular complexity index is 574. The van der Waals surface area contributed by atoms with Crippen LogP contribution in [0.3, 0.4) is 0 Å². The van der Waals surface area contributed by atoms with Crippen molar-refractivity contribution in [1.29, 1.82) is 0 Å². The topological polar surface area (TPSA) is 12.0 Å². The molecule has 0 heterocycles. The van der Waals surface area contributed by atoms with Gasteiger partial charge in [0.05, 0.1) is 0 Å². The zero-order valence-corrected chi connectivity index (χ0v) is 12.9. The second-order valence-corrected chi connectivity index (χ2v) is 6.10. The summed E-state index contributed by atoms with van der Waals surface area (Å²) in [6.45, 7) is 0.